The average molecular weight is 316 g/mol. The molecule has 1 fully saturated rings. The van der Waals surface area contributed by atoms with E-state index in [1.54, 1.807) is 18.2 Å². The molecule has 112 valence electrons. The minimum atomic E-state index is -0.615. The van der Waals surface area contributed by atoms with Crippen molar-refractivity contribution in [3.8, 4) is 0 Å². The largest absolute Gasteiger partial charge is 0.387 e. The maximum Gasteiger partial charge on any atom is 0.0929 e. The van der Waals surface area contributed by atoms with Gasteiger partial charge in [-0.2, -0.15) is 0 Å². The standard InChI is InChI=1S/C16H23Cl2NO/c1-10-3-5-13(7-11(10)2)19-9-16(20)14-8-12(17)4-6-15(14)18/h4,6,8,10-11,13,16,19-20H,3,5,7,9H2,1-2H3. The molecule has 20 heavy (non-hydrogen) atoms. The average Bonchev–Trinajstić information content (AvgIpc) is 2.42. The summed E-state index contributed by atoms with van der Waals surface area (Å²) in [6.45, 7) is 5.15. The zero-order chi connectivity index (χ0) is 14.7. The van der Waals surface area contributed by atoms with Crippen molar-refractivity contribution in [3.63, 3.8) is 0 Å². The van der Waals surface area contributed by atoms with Crippen LogP contribution in [-0.4, -0.2) is 17.7 Å². The van der Waals surface area contributed by atoms with Crippen molar-refractivity contribution in [1.82, 2.24) is 5.32 Å². The number of hydrogen-bond donors (Lipinski definition) is 2. The van der Waals surface area contributed by atoms with E-state index >= 15 is 0 Å². The van der Waals surface area contributed by atoms with Gasteiger partial charge in [0.25, 0.3) is 0 Å². The SMILES string of the molecule is CC1CCC(NCC(O)c2cc(Cl)ccc2Cl)CC1C. The van der Waals surface area contributed by atoms with Crippen LogP contribution in [0.25, 0.3) is 0 Å². The van der Waals surface area contributed by atoms with Crippen LogP contribution in [0.1, 0.15) is 44.8 Å². The number of aliphatic hydroxyl groups is 1. The van der Waals surface area contributed by atoms with Crippen LogP contribution < -0.4 is 5.32 Å². The topological polar surface area (TPSA) is 32.3 Å². The Bertz CT molecular complexity index is 452. The van der Waals surface area contributed by atoms with E-state index in [1.165, 1.54) is 19.3 Å². The van der Waals surface area contributed by atoms with E-state index in [1.807, 2.05) is 0 Å². The molecule has 0 radical (unpaired) electrons. The minimum absolute atomic E-state index is 0.494. The second-order valence-corrected chi connectivity index (χ2v) is 6.90. The number of halogens is 2. The Hall–Kier alpha value is -0.280. The molecule has 1 aromatic rings. The Balaban J connectivity index is 1.89. The lowest BCUT2D eigenvalue weighted by Crippen LogP contribution is -2.38. The van der Waals surface area contributed by atoms with Crippen LogP contribution in [0.2, 0.25) is 10.0 Å². The van der Waals surface area contributed by atoms with Crippen LogP contribution in [0, 0.1) is 11.8 Å². The van der Waals surface area contributed by atoms with Gasteiger partial charge in [-0.05, 0) is 49.3 Å². The first kappa shape index (κ1) is 16.1. The molecule has 2 nitrogen and oxygen atoms in total. The van der Waals surface area contributed by atoms with Crippen molar-refractivity contribution in [2.75, 3.05) is 6.54 Å². The molecule has 0 heterocycles. The van der Waals surface area contributed by atoms with Crippen molar-refractivity contribution in [2.45, 2.75) is 45.3 Å². The van der Waals surface area contributed by atoms with Crippen LogP contribution in [0.4, 0.5) is 0 Å². The predicted octanol–water partition coefficient (Wildman–Crippen LogP) is 4.44. The molecule has 4 atom stereocenters. The van der Waals surface area contributed by atoms with Gasteiger partial charge in [0, 0.05) is 28.2 Å². The summed E-state index contributed by atoms with van der Waals surface area (Å²) in [5.74, 6) is 1.55. The van der Waals surface area contributed by atoms with Crippen molar-refractivity contribution in [2.24, 2.45) is 11.8 Å². The fourth-order valence-corrected chi connectivity index (χ4v) is 3.32. The fourth-order valence-electron chi connectivity index (χ4n) is 2.89. The molecular formula is C16H23Cl2NO. The lowest BCUT2D eigenvalue weighted by molar-refractivity contribution is 0.154. The van der Waals surface area contributed by atoms with E-state index in [0.717, 1.165) is 11.8 Å². The summed E-state index contributed by atoms with van der Waals surface area (Å²) >= 11 is 12.1. The molecule has 4 heteroatoms. The highest BCUT2D eigenvalue weighted by atomic mass is 35.5. The van der Waals surface area contributed by atoms with Gasteiger partial charge in [-0.15, -0.1) is 0 Å². The fraction of sp³-hybridized carbons (Fsp3) is 0.625. The third-order valence-corrected chi connectivity index (χ3v) is 5.09. The van der Waals surface area contributed by atoms with Crippen LogP contribution >= 0.6 is 23.2 Å². The molecule has 0 aliphatic heterocycles. The first-order valence-electron chi connectivity index (χ1n) is 7.33. The van der Waals surface area contributed by atoms with Gasteiger partial charge in [0.2, 0.25) is 0 Å². The Morgan fingerprint density at radius 1 is 1.25 bits per heavy atom. The third-order valence-electron chi connectivity index (χ3n) is 4.52. The Morgan fingerprint density at radius 2 is 2.00 bits per heavy atom. The van der Waals surface area contributed by atoms with Gasteiger partial charge in [0.15, 0.2) is 0 Å². The van der Waals surface area contributed by atoms with Crippen molar-refractivity contribution < 1.29 is 5.11 Å². The van der Waals surface area contributed by atoms with Crippen molar-refractivity contribution in [3.05, 3.63) is 33.8 Å². The number of rotatable bonds is 4. The molecule has 0 spiro atoms. The molecule has 1 saturated carbocycles. The van der Waals surface area contributed by atoms with E-state index < -0.39 is 6.10 Å². The van der Waals surface area contributed by atoms with E-state index in [-0.39, 0.29) is 0 Å². The van der Waals surface area contributed by atoms with Crippen LogP contribution in [0.3, 0.4) is 0 Å². The lowest BCUT2D eigenvalue weighted by atomic mass is 9.79. The van der Waals surface area contributed by atoms with E-state index in [4.69, 9.17) is 23.2 Å². The summed E-state index contributed by atoms with van der Waals surface area (Å²) in [6, 6.07) is 5.70. The summed E-state index contributed by atoms with van der Waals surface area (Å²) < 4.78 is 0. The summed E-state index contributed by atoms with van der Waals surface area (Å²) in [4.78, 5) is 0. The first-order chi connectivity index (χ1) is 9.47. The van der Waals surface area contributed by atoms with Crippen molar-refractivity contribution in [1.29, 1.82) is 0 Å². The normalized spacial score (nSPS) is 28.4. The summed E-state index contributed by atoms with van der Waals surface area (Å²) in [5, 5.41) is 14.9. The van der Waals surface area contributed by atoms with E-state index in [0.29, 0.717) is 28.2 Å². The zero-order valence-electron chi connectivity index (χ0n) is 12.1. The number of hydrogen-bond acceptors (Lipinski definition) is 2. The van der Waals surface area contributed by atoms with Gasteiger partial charge in [0.1, 0.15) is 0 Å². The zero-order valence-corrected chi connectivity index (χ0v) is 13.6. The molecule has 0 amide bonds. The molecule has 1 aliphatic rings. The molecule has 2 rings (SSSR count). The maximum atomic E-state index is 10.3. The molecule has 2 N–H and O–H groups in total. The molecule has 0 saturated heterocycles. The van der Waals surface area contributed by atoms with Gasteiger partial charge >= 0.3 is 0 Å². The minimum Gasteiger partial charge on any atom is -0.387 e. The second kappa shape index (κ2) is 7.13. The quantitative estimate of drug-likeness (QED) is 0.860. The first-order valence-corrected chi connectivity index (χ1v) is 8.09. The molecule has 1 aromatic carbocycles. The smallest absolute Gasteiger partial charge is 0.0929 e. The predicted molar refractivity (Wildman–Crippen MR) is 85.4 cm³/mol. The highest BCUT2D eigenvalue weighted by Crippen LogP contribution is 2.30. The number of nitrogens with one attached hydrogen (secondary N) is 1. The van der Waals surface area contributed by atoms with Crippen molar-refractivity contribution >= 4 is 23.2 Å². The molecule has 1 aliphatic carbocycles. The lowest BCUT2D eigenvalue weighted by Gasteiger charge is -2.33. The number of benzene rings is 1. The van der Waals surface area contributed by atoms with Crippen LogP contribution in [-0.2, 0) is 0 Å². The summed E-state index contributed by atoms with van der Waals surface area (Å²) in [6.07, 6.45) is 3.00. The summed E-state index contributed by atoms with van der Waals surface area (Å²) in [5.41, 5.74) is 0.698. The number of aliphatic hydroxyl groups excluding tert-OH is 1. The Morgan fingerprint density at radius 3 is 2.70 bits per heavy atom. The Labute approximate surface area is 131 Å². The Kier molecular flexibility index (Phi) is 5.74. The van der Waals surface area contributed by atoms with Gasteiger partial charge in [-0.25, -0.2) is 0 Å². The monoisotopic (exact) mass is 315 g/mol. The second-order valence-electron chi connectivity index (χ2n) is 6.05. The van der Waals surface area contributed by atoms with Gasteiger partial charge < -0.3 is 10.4 Å². The molecular weight excluding hydrogens is 293 g/mol. The van der Waals surface area contributed by atoms with E-state index in [9.17, 15) is 5.11 Å². The van der Waals surface area contributed by atoms with Gasteiger partial charge in [-0.1, -0.05) is 37.0 Å². The maximum absolute atomic E-state index is 10.3. The van der Waals surface area contributed by atoms with E-state index in [2.05, 4.69) is 19.2 Å². The highest BCUT2D eigenvalue weighted by molar-refractivity contribution is 6.33. The van der Waals surface area contributed by atoms with Crippen LogP contribution in [0.5, 0.6) is 0 Å². The third kappa shape index (κ3) is 4.11. The molecule has 0 bridgehead atoms. The molecule has 4 unspecified atom stereocenters. The highest BCUT2D eigenvalue weighted by Gasteiger charge is 2.24. The van der Waals surface area contributed by atoms with Gasteiger partial charge in [-0.3, -0.25) is 0 Å². The van der Waals surface area contributed by atoms with Gasteiger partial charge in [0.05, 0.1) is 6.10 Å². The summed E-state index contributed by atoms with van der Waals surface area (Å²) in [7, 11) is 0. The molecule has 0 aromatic heterocycles. The van der Waals surface area contributed by atoms with Crippen LogP contribution in [0.15, 0.2) is 18.2 Å².